The van der Waals surface area contributed by atoms with E-state index in [1.54, 1.807) is 24.3 Å². The molecule has 1 amide bonds. The Hall–Kier alpha value is -0.850. The van der Waals surface area contributed by atoms with Gasteiger partial charge in [0.25, 0.3) is 5.76 Å². The fourth-order valence-electron chi connectivity index (χ4n) is 3.50. The number of carbonyl (C=O) groups excluding carboxylic acids is 1. The Kier molecular flexibility index (Phi) is 6.68. The zero-order chi connectivity index (χ0) is 15.5. The summed E-state index contributed by atoms with van der Waals surface area (Å²) in [6.07, 6.45) is 5.71. The molecule has 23 heavy (non-hydrogen) atoms. The molecule has 2 fully saturated rings. The Bertz CT molecular complexity index is 533. The number of amides is 1. The second-order valence-corrected chi connectivity index (χ2v) is 7.07. The Labute approximate surface area is 145 Å². The van der Waals surface area contributed by atoms with Gasteiger partial charge >= 0.3 is 0 Å². The van der Waals surface area contributed by atoms with Gasteiger partial charge in [-0.2, -0.15) is 8.78 Å². The van der Waals surface area contributed by atoms with Gasteiger partial charge in [-0.25, -0.2) is 0 Å². The minimum Gasteiger partial charge on any atom is -0.325 e. The number of hydrogen-bond acceptors (Lipinski definition) is 3. The van der Waals surface area contributed by atoms with Gasteiger partial charge < -0.3 is 10.6 Å². The first-order chi connectivity index (χ1) is 10.6. The minimum atomic E-state index is -2.45. The van der Waals surface area contributed by atoms with Gasteiger partial charge in [-0.15, -0.1) is 12.4 Å². The van der Waals surface area contributed by atoms with Crippen LogP contribution in [-0.2, 0) is 4.79 Å². The van der Waals surface area contributed by atoms with E-state index in [-0.39, 0.29) is 24.4 Å². The Morgan fingerprint density at radius 1 is 1.30 bits per heavy atom. The molecule has 1 aromatic carbocycles. The van der Waals surface area contributed by atoms with E-state index in [2.05, 4.69) is 10.6 Å². The molecule has 0 bridgehead atoms. The molecule has 1 aromatic rings. The van der Waals surface area contributed by atoms with Crippen LogP contribution in [0.2, 0.25) is 0 Å². The van der Waals surface area contributed by atoms with E-state index in [9.17, 15) is 13.6 Å². The number of hydrogen-bond donors (Lipinski definition) is 2. The maximum absolute atomic E-state index is 12.4. The molecule has 2 N–H and O–H groups in total. The molecule has 1 saturated carbocycles. The van der Waals surface area contributed by atoms with Crippen molar-refractivity contribution in [3.05, 3.63) is 24.3 Å². The van der Waals surface area contributed by atoms with Crippen LogP contribution in [0.5, 0.6) is 0 Å². The summed E-state index contributed by atoms with van der Waals surface area (Å²) in [6, 6.07) is 6.92. The molecular weight excluding hydrogens is 342 g/mol. The maximum atomic E-state index is 12.4. The van der Waals surface area contributed by atoms with Crippen LogP contribution in [0.3, 0.4) is 0 Å². The lowest BCUT2D eigenvalue weighted by atomic mass is 9.85. The number of alkyl halides is 2. The molecule has 3 nitrogen and oxygen atoms in total. The number of benzene rings is 1. The lowest BCUT2D eigenvalue weighted by Crippen LogP contribution is -2.39. The number of nitrogens with one attached hydrogen (secondary N) is 2. The smallest absolute Gasteiger partial charge is 0.288 e. The average Bonchev–Trinajstić information content (AvgIpc) is 2.91. The fourth-order valence-corrected chi connectivity index (χ4v) is 4.06. The number of fused-ring (bicyclic) bond motifs is 1. The van der Waals surface area contributed by atoms with E-state index in [0.717, 1.165) is 12.8 Å². The van der Waals surface area contributed by atoms with Crippen LogP contribution in [0.1, 0.15) is 32.1 Å². The van der Waals surface area contributed by atoms with Crippen molar-refractivity contribution in [2.45, 2.75) is 54.8 Å². The van der Waals surface area contributed by atoms with Crippen molar-refractivity contribution in [1.29, 1.82) is 0 Å². The number of rotatable bonds is 4. The number of anilines is 1. The monoisotopic (exact) mass is 362 g/mol. The summed E-state index contributed by atoms with van der Waals surface area (Å²) in [5.41, 5.74) is 0.576. The summed E-state index contributed by atoms with van der Waals surface area (Å²) in [5, 5.41) is 6.27. The summed E-state index contributed by atoms with van der Waals surface area (Å²) < 4.78 is 24.8. The van der Waals surface area contributed by atoms with Gasteiger partial charge in [0.05, 0.1) is 6.04 Å². The van der Waals surface area contributed by atoms with E-state index in [1.807, 2.05) is 0 Å². The van der Waals surface area contributed by atoms with Gasteiger partial charge in [-0.05, 0) is 43.4 Å². The molecule has 3 unspecified atom stereocenters. The van der Waals surface area contributed by atoms with Gasteiger partial charge in [0, 0.05) is 16.6 Å². The first-order valence-electron chi connectivity index (χ1n) is 7.73. The van der Waals surface area contributed by atoms with E-state index in [1.165, 1.54) is 19.3 Å². The van der Waals surface area contributed by atoms with Gasteiger partial charge in [0.1, 0.15) is 0 Å². The highest BCUT2D eigenvalue weighted by Gasteiger charge is 2.38. The molecular formula is C16H21ClF2N2OS. The third-order valence-corrected chi connectivity index (χ3v) is 5.21. The number of carbonyl (C=O) groups is 1. The molecule has 0 aromatic heterocycles. The Balaban J connectivity index is 0.00000192. The third kappa shape index (κ3) is 4.81. The largest absolute Gasteiger partial charge is 0.325 e. The Morgan fingerprint density at radius 2 is 2.09 bits per heavy atom. The van der Waals surface area contributed by atoms with Crippen molar-refractivity contribution in [2.75, 3.05) is 5.32 Å². The van der Waals surface area contributed by atoms with Crippen molar-refractivity contribution < 1.29 is 13.6 Å². The molecule has 2 aliphatic rings. The van der Waals surface area contributed by atoms with Crippen LogP contribution < -0.4 is 10.6 Å². The SMILES string of the molecule is Cl.O=C(Nc1cccc(SC(F)F)c1)C1CC2CCCCC2N1. The van der Waals surface area contributed by atoms with Crippen LogP contribution in [0.25, 0.3) is 0 Å². The Morgan fingerprint density at radius 3 is 2.83 bits per heavy atom. The van der Waals surface area contributed by atoms with Gasteiger partial charge in [-0.1, -0.05) is 30.7 Å². The lowest BCUT2D eigenvalue weighted by molar-refractivity contribution is -0.117. The molecule has 0 spiro atoms. The van der Waals surface area contributed by atoms with Gasteiger partial charge in [0.15, 0.2) is 0 Å². The summed E-state index contributed by atoms with van der Waals surface area (Å²) in [6.45, 7) is 0. The zero-order valence-electron chi connectivity index (χ0n) is 12.6. The minimum absolute atomic E-state index is 0. The number of halogens is 3. The predicted molar refractivity (Wildman–Crippen MR) is 91.5 cm³/mol. The second kappa shape index (κ2) is 8.31. The molecule has 3 atom stereocenters. The van der Waals surface area contributed by atoms with Crippen molar-refractivity contribution in [1.82, 2.24) is 5.32 Å². The first-order valence-corrected chi connectivity index (χ1v) is 8.61. The summed E-state index contributed by atoms with van der Waals surface area (Å²) in [5.74, 6) is -1.91. The number of thioether (sulfide) groups is 1. The fraction of sp³-hybridized carbons (Fsp3) is 0.562. The van der Waals surface area contributed by atoms with Crippen LogP contribution in [0, 0.1) is 5.92 Å². The highest BCUT2D eigenvalue weighted by atomic mass is 35.5. The zero-order valence-corrected chi connectivity index (χ0v) is 14.3. The van der Waals surface area contributed by atoms with Gasteiger partial charge in [-0.3, -0.25) is 4.79 Å². The van der Waals surface area contributed by atoms with Crippen molar-refractivity contribution in [3.8, 4) is 0 Å². The molecule has 1 aliphatic carbocycles. The average molecular weight is 363 g/mol. The van der Waals surface area contributed by atoms with E-state index in [0.29, 0.717) is 34.3 Å². The predicted octanol–water partition coefficient (Wildman–Crippen LogP) is 4.28. The van der Waals surface area contributed by atoms with E-state index < -0.39 is 5.76 Å². The molecule has 1 saturated heterocycles. The van der Waals surface area contributed by atoms with Crippen molar-refractivity contribution in [3.63, 3.8) is 0 Å². The van der Waals surface area contributed by atoms with Crippen molar-refractivity contribution in [2.24, 2.45) is 5.92 Å². The van der Waals surface area contributed by atoms with E-state index in [4.69, 9.17) is 0 Å². The summed E-state index contributed by atoms with van der Waals surface area (Å²) in [4.78, 5) is 12.8. The standard InChI is InChI=1S/C16H20F2N2OS.ClH/c17-16(18)22-12-6-3-5-11(9-12)19-15(21)14-8-10-4-1-2-7-13(10)20-14;/h3,5-6,9-10,13-14,16,20H,1-2,4,7-8H2,(H,19,21);1H. The molecule has 7 heteroatoms. The first kappa shape index (κ1) is 18.5. The van der Waals surface area contributed by atoms with Crippen molar-refractivity contribution >= 4 is 35.8 Å². The highest BCUT2D eigenvalue weighted by molar-refractivity contribution is 7.99. The molecule has 128 valence electrons. The van der Waals surface area contributed by atoms with Crippen LogP contribution in [0.15, 0.2) is 29.2 Å². The normalized spacial score (nSPS) is 26.5. The maximum Gasteiger partial charge on any atom is 0.288 e. The summed E-state index contributed by atoms with van der Waals surface area (Å²) in [7, 11) is 0. The van der Waals surface area contributed by atoms with Crippen LogP contribution in [0.4, 0.5) is 14.5 Å². The molecule has 1 heterocycles. The molecule has 3 rings (SSSR count). The highest BCUT2D eigenvalue weighted by Crippen LogP contribution is 2.33. The van der Waals surface area contributed by atoms with Crippen LogP contribution in [-0.4, -0.2) is 23.7 Å². The second-order valence-electron chi connectivity index (χ2n) is 6.00. The molecule has 0 radical (unpaired) electrons. The molecule has 1 aliphatic heterocycles. The summed E-state index contributed by atoms with van der Waals surface area (Å²) >= 11 is 0.488. The lowest BCUT2D eigenvalue weighted by Gasteiger charge is -2.24. The van der Waals surface area contributed by atoms with E-state index >= 15 is 0 Å². The third-order valence-electron chi connectivity index (χ3n) is 4.51. The van der Waals surface area contributed by atoms with Gasteiger partial charge in [0.2, 0.25) is 5.91 Å². The quantitative estimate of drug-likeness (QED) is 0.785. The topological polar surface area (TPSA) is 41.1 Å². The van der Waals surface area contributed by atoms with Crippen LogP contribution >= 0.6 is 24.2 Å².